The molecule has 0 N–H and O–H groups in total. The average molecular weight is 616 g/mol. The second kappa shape index (κ2) is 13.5. The molecule has 6 aromatic rings. The molecule has 7 rings (SSSR count). The third kappa shape index (κ3) is 6.47. The van der Waals surface area contributed by atoms with Crippen molar-refractivity contribution in [1.82, 2.24) is 0 Å². The Morgan fingerprint density at radius 3 is 1.96 bits per heavy atom. The van der Waals surface area contributed by atoms with Gasteiger partial charge in [0.1, 0.15) is 0 Å². The van der Waals surface area contributed by atoms with Crippen LogP contribution in [0.4, 0.5) is 0 Å². The average Bonchev–Trinajstić information content (AvgIpc) is 3.32. The molecule has 6 aromatic carbocycles. The van der Waals surface area contributed by atoms with E-state index in [2.05, 4.69) is 97.6 Å². The van der Waals surface area contributed by atoms with Crippen LogP contribution < -0.4 is 0 Å². The molecule has 0 saturated carbocycles. The molecule has 0 aromatic heterocycles. The van der Waals surface area contributed by atoms with Crippen LogP contribution in [0.1, 0.15) is 57.0 Å². The lowest BCUT2D eigenvalue weighted by Gasteiger charge is -2.16. The molecule has 1 aliphatic carbocycles. The first kappa shape index (κ1) is 30.3. The summed E-state index contributed by atoms with van der Waals surface area (Å²) in [4.78, 5) is 10.3. The largest absolute Gasteiger partial charge is 0.233 e. The number of hydrogen-bond acceptors (Lipinski definition) is 2. The number of rotatable bonds is 6. The predicted molar refractivity (Wildman–Crippen MR) is 200 cm³/mol. The van der Waals surface area contributed by atoms with Crippen LogP contribution in [0.15, 0.2) is 168 Å². The highest BCUT2D eigenvalue weighted by Crippen LogP contribution is 2.37. The van der Waals surface area contributed by atoms with Gasteiger partial charge in [-0.2, -0.15) is 5.26 Å². The van der Waals surface area contributed by atoms with E-state index in [4.69, 9.17) is 9.98 Å². The summed E-state index contributed by atoms with van der Waals surface area (Å²) in [7, 11) is 0. The van der Waals surface area contributed by atoms with Crippen LogP contribution in [-0.4, -0.2) is 11.5 Å². The monoisotopic (exact) mass is 615 g/mol. The molecule has 0 fully saturated rings. The molecule has 228 valence electrons. The minimum absolute atomic E-state index is 0.574. The summed E-state index contributed by atoms with van der Waals surface area (Å²) in [5.74, 6) is 0.574. The third-order valence-corrected chi connectivity index (χ3v) is 8.71. The van der Waals surface area contributed by atoms with E-state index in [1.807, 2.05) is 79.7 Å². The van der Waals surface area contributed by atoms with Crippen LogP contribution in [0.2, 0.25) is 0 Å². The molecule has 0 amide bonds. The van der Waals surface area contributed by atoms with Gasteiger partial charge in [0.05, 0.1) is 17.3 Å². The van der Waals surface area contributed by atoms with Crippen LogP contribution in [0, 0.1) is 11.3 Å². The summed E-state index contributed by atoms with van der Waals surface area (Å²) >= 11 is 0. The molecule has 1 aliphatic rings. The molecule has 0 atom stereocenters. The Hall–Kier alpha value is -6.37. The number of benzene rings is 6. The maximum absolute atomic E-state index is 9.49. The van der Waals surface area contributed by atoms with E-state index in [9.17, 15) is 5.26 Å². The summed E-state index contributed by atoms with van der Waals surface area (Å²) in [5.41, 5.74) is 14.1. The van der Waals surface area contributed by atoms with Gasteiger partial charge in [-0.15, -0.1) is 0 Å². The zero-order chi connectivity index (χ0) is 32.9. The lowest BCUT2D eigenvalue weighted by atomic mass is 9.89. The van der Waals surface area contributed by atoms with Gasteiger partial charge in [-0.05, 0) is 105 Å². The topological polar surface area (TPSA) is 48.5 Å². The lowest BCUT2D eigenvalue weighted by molar-refractivity contribution is 1.18. The highest BCUT2D eigenvalue weighted by molar-refractivity contribution is 6.13. The quantitative estimate of drug-likeness (QED) is 0.136. The van der Waals surface area contributed by atoms with Crippen molar-refractivity contribution in [2.45, 2.75) is 13.3 Å². The van der Waals surface area contributed by atoms with E-state index >= 15 is 0 Å². The lowest BCUT2D eigenvalue weighted by Crippen LogP contribution is -2.06. The second-order valence-corrected chi connectivity index (χ2v) is 11.9. The molecule has 0 radical (unpaired) electrons. The van der Waals surface area contributed by atoms with Crippen LogP contribution in [0.3, 0.4) is 0 Å². The van der Waals surface area contributed by atoms with E-state index in [1.165, 1.54) is 22.3 Å². The molecule has 3 nitrogen and oxygen atoms in total. The fourth-order valence-electron chi connectivity index (χ4n) is 6.15. The minimum Gasteiger partial charge on any atom is -0.233 e. The molecule has 3 heteroatoms. The Morgan fingerprint density at radius 1 is 0.604 bits per heavy atom. The summed E-state index contributed by atoms with van der Waals surface area (Å²) in [6.07, 6.45) is 3.17. The van der Waals surface area contributed by atoms with E-state index < -0.39 is 0 Å². The first-order chi connectivity index (χ1) is 23.6. The fourth-order valence-corrected chi connectivity index (χ4v) is 6.15. The Kier molecular flexibility index (Phi) is 8.55. The van der Waals surface area contributed by atoms with Crippen LogP contribution >= 0.6 is 0 Å². The minimum atomic E-state index is 0.574. The van der Waals surface area contributed by atoms with Crippen LogP contribution in [0.5, 0.6) is 0 Å². The second-order valence-electron chi connectivity index (χ2n) is 11.9. The molecule has 0 unspecified atom stereocenters. The first-order valence-electron chi connectivity index (χ1n) is 16.0. The highest BCUT2D eigenvalue weighted by atomic mass is 14.9. The van der Waals surface area contributed by atoms with Crippen molar-refractivity contribution < 1.29 is 0 Å². The molecule has 0 spiro atoms. The molecule has 0 saturated heterocycles. The maximum atomic E-state index is 9.49. The molecule has 0 bridgehead atoms. The van der Waals surface area contributed by atoms with Gasteiger partial charge in [-0.3, -0.25) is 0 Å². The normalized spacial score (nSPS) is 12.6. The van der Waals surface area contributed by atoms with Gasteiger partial charge >= 0.3 is 0 Å². The van der Waals surface area contributed by atoms with E-state index in [-0.39, 0.29) is 0 Å². The Balaban J connectivity index is 1.48. The van der Waals surface area contributed by atoms with Gasteiger partial charge < -0.3 is 0 Å². The van der Waals surface area contributed by atoms with Gasteiger partial charge in [0.2, 0.25) is 0 Å². The molecular formula is C45H33N3. The van der Waals surface area contributed by atoms with Crippen molar-refractivity contribution in [2.24, 2.45) is 9.98 Å². The van der Waals surface area contributed by atoms with E-state index in [0.717, 1.165) is 51.1 Å². The highest BCUT2D eigenvalue weighted by Gasteiger charge is 2.19. The number of nitriles is 1. The summed E-state index contributed by atoms with van der Waals surface area (Å²) in [6, 6.07) is 54.0. The summed E-state index contributed by atoms with van der Waals surface area (Å²) in [6.45, 7) is 6.37. The third-order valence-electron chi connectivity index (χ3n) is 8.71. The zero-order valence-electron chi connectivity index (χ0n) is 26.8. The zero-order valence-corrected chi connectivity index (χ0v) is 26.8. The summed E-state index contributed by atoms with van der Waals surface area (Å²) < 4.78 is 0. The SMILES string of the molecule is C=C(N=C(N=C(C)c1ccccc1)c1cc(C2=Cc3ccccc3Cc3ccccc32)cc(-c2ccc(C#N)cc2)c1)c1ccccc1. The van der Waals surface area contributed by atoms with E-state index in [0.29, 0.717) is 17.1 Å². The van der Waals surface area contributed by atoms with Crippen molar-refractivity contribution in [3.8, 4) is 17.2 Å². The van der Waals surface area contributed by atoms with Crippen molar-refractivity contribution in [1.29, 1.82) is 5.26 Å². The Bertz CT molecular complexity index is 2270. The van der Waals surface area contributed by atoms with Gasteiger partial charge in [0.15, 0.2) is 5.84 Å². The number of amidine groups is 1. The Morgan fingerprint density at radius 2 is 1.23 bits per heavy atom. The van der Waals surface area contributed by atoms with Crippen molar-refractivity contribution in [2.75, 3.05) is 0 Å². The standard InChI is InChI=1S/C45H33N3/c1-31(34-13-5-3-6-14-34)47-45(48-32(2)35-15-7-4-8-16-35)42-27-40(36-23-21-33(30-46)22-24-36)26-41(28-42)44-29-38-18-10-9-17-37(38)25-39-19-11-12-20-43(39)44/h3-24,26-29H,1,25H2,2H3. The molecule has 0 aliphatic heterocycles. The van der Waals surface area contributed by atoms with Gasteiger partial charge in [-0.1, -0.05) is 128 Å². The number of hydrogen-bond donors (Lipinski definition) is 0. The molecule has 48 heavy (non-hydrogen) atoms. The van der Waals surface area contributed by atoms with Gasteiger partial charge in [0.25, 0.3) is 0 Å². The van der Waals surface area contributed by atoms with Crippen LogP contribution in [-0.2, 0) is 6.42 Å². The first-order valence-corrected chi connectivity index (χ1v) is 16.0. The Labute approximate surface area is 282 Å². The molecule has 0 heterocycles. The summed E-state index contributed by atoms with van der Waals surface area (Å²) in [5, 5.41) is 9.49. The van der Waals surface area contributed by atoms with Crippen molar-refractivity contribution in [3.63, 3.8) is 0 Å². The van der Waals surface area contributed by atoms with Crippen molar-refractivity contribution in [3.05, 3.63) is 208 Å². The van der Waals surface area contributed by atoms with Gasteiger partial charge in [0, 0.05) is 11.3 Å². The fraction of sp³-hybridized carbons (Fsp3) is 0.0444. The van der Waals surface area contributed by atoms with Crippen molar-refractivity contribution >= 4 is 28.9 Å². The van der Waals surface area contributed by atoms with Gasteiger partial charge in [-0.25, -0.2) is 9.98 Å². The number of nitrogens with zero attached hydrogens (tertiary/aromatic N) is 3. The predicted octanol–water partition coefficient (Wildman–Crippen LogP) is 10.6. The molecular weight excluding hydrogens is 583 g/mol. The number of fused-ring (bicyclic) bond motifs is 2. The van der Waals surface area contributed by atoms with Crippen LogP contribution in [0.25, 0.3) is 28.5 Å². The number of aliphatic imine (C=N–C) groups is 2. The smallest absolute Gasteiger partial charge is 0.160 e. The maximum Gasteiger partial charge on any atom is 0.160 e. The van der Waals surface area contributed by atoms with E-state index in [1.54, 1.807) is 0 Å².